The Morgan fingerprint density at radius 3 is 2.78 bits per heavy atom. The lowest BCUT2D eigenvalue weighted by Crippen LogP contribution is -2.36. The normalized spacial score (nSPS) is 9.94. The number of carbonyl (C=O) groups is 2. The van der Waals surface area contributed by atoms with Crippen LogP contribution in [0.4, 0.5) is 5.69 Å². The van der Waals surface area contributed by atoms with Crippen LogP contribution in [0.25, 0.3) is 0 Å². The van der Waals surface area contributed by atoms with E-state index in [1.807, 2.05) is 24.0 Å². The summed E-state index contributed by atoms with van der Waals surface area (Å²) in [5.41, 5.74) is 1.38. The standard InChI is InChI=1S/C13H17BrN2O2/c1-3-6-16(8-13(18)15-2)12-7-11(14)5-4-10(12)9-17/h4-5,7,9H,3,6,8H2,1-2H3,(H,15,18). The van der Waals surface area contributed by atoms with Crippen molar-refractivity contribution in [2.45, 2.75) is 13.3 Å². The van der Waals surface area contributed by atoms with Crippen molar-refractivity contribution in [1.82, 2.24) is 5.32 Å². The van der Waals surface area contributed by atoms with Crippen LogP contribution in [0, 0.1) is 0 Å². The molecule has 1 aromatic rings. The maximum atomic E-state index is 11.5. The minimum absolute atomic E-state index is 0.0692. The van der Waals surface area contributed by atoms with Gasteiger partial charge in [0.15, 0.2) is 6.29 Å². The average molecular weight is 313 g/mol. The molecule has 98 valence electrons. The van der Waals surface area contributed by atoms with Gasteiger partial charge in [-0.25, -0.2) is 0 Å². The Labute approximate surface area is 115 Å². The summed E-state index contributed by atoms with van der Waals surface area (Å²) in [4.78, 5) is 24.5. The minimum atomic E-state index is -0.0692. The molecule has 0 aliphatic carbocycles. The summed E-state index contributed by atoms with van der Waals surface area (Å²) in [6, 6.07) is 5.43. The van der Waals surface area contributed by atoms with Gasteiger partial charge in [-0.2, -0.15) is 0 Å². The molecule has 0 spiro atoms. The number of anilines is 1. The van der Waals surface area contributed by atoms with Crippen LogP contribution >= 0.6 is 15.9 Å². The van der Waals surface area contributed by atoms with Gasteiger partial charge in [-0.15, -0.1) is 0 Å². The predicted molar refractivity (Wildman–Crippen MR) is 76.1 cm³/mol. The van der Waals surface area contributed by atoms with Gasteiger partial charge < -0.3 is 10.2 Å². The number of hydrogen-bond donors (Lipinski definition) is 1. The number of rotatable bonds is 6. The fourth-order valence-electron chi connectivity index (χ4n) is 1.70. The van der Waals surface area contributed by atoms with E-state index in [4.69, 9.17) is 0 Å². The van der Waals surface area contributed by atoms with E-state index >= 15 is 0 Å². The van der Waals surface area contributed by atoms with E-state index in [1.165, 1.54) is 0 Å². The maximum absolute atomic E-state index is 11.5. The van der Waals surface area contributed by atoms with Crippen molar-refractivity contribution in [2.75, 3.05) is 25.0 Å². The third-order valence-corrected chi connectivity index (χ3v) is 3.06. The molecule has 0 bridgehead atoms. The van der Waals surface area contributed by atoms with Crippen LogP contribution in [0.2, 0.25) is 0 Å². The molecule has 0 aromatic heterocycles. The molecule has 1 aromatic carbocycles. The number of nitrogens with zero attached hydrogens (tertiary/aromatic N) is 1. The topological polar surface area (TPSA) is 49.4 Å². The molecule has 0 unspecified atom stereocenters. The van der Waals surface area contributed by atoms with Crippen LogP contribution in [0.15, 0.2) is 22.7 Å². The Bertz CT molecular complexity index is 435. The first-order valence-electron chi connectivity index (χ1n) is 5.82. The summed E-state index contributed by atoms with van der Waals surface area (Å²) in [5, 5.41) is 2.60. The van der Waals surface area contributed by atoms with Gasteiger partial charge in [0.05, 0.1) is 6.54 Å². The summed E-state index contributed by atoms with van der Waals surface area (Å²) in [6.07, 6.45) is 1.72. The second-order valence-electron chi connectivity index (χ2n) is 3.92. The summed E-state index contributed by atoms with van der Waals surface area (Å²) in [7, 11) is 1.61. The highest BCUT2D eigenvalue weighted by Crippen LogP contribution is 2.24. The van der Waals surface area contributed by atoms with Crippen LogP contribution in [0.1, 0.15) is 23.7 Å². The monoisotopic (exact) mass is 312 g/mol. The number of likely N-dealkylation sites (N-methyl/N-ethyl adjacent to an activating group) is 1. The first-order chi connectivity index (χ1) is 8.62. The zero-order chi connectivity index (χ0) is 13.5. The number of amides is 1. The van der Waals surface area contributed by atoms with E-state index in [1.54, 1.807) is 13.1 Å². The number of carbonyl (C=O) groups excluding carboxylic acids is 2. The molecule has 0 saturated carbocycles. The molecule has 0 atom stereocenters. The third kappa shape index (κ3) is 3.84. The number of benzene rings is 1. The molecule has 0 aliphatic heterocycles. The van der Waals surface area contributed by atoms with E-state index < -0.39 is 0 Å². The summed E-state index contributed by atoms with van der Waals surface area (Å²) < 4.78 is 0.890. The van der Waals surface area contributed by atoms with Gasteiger partial charge >= 0.3 is 0 Å². The molecule has 0 aliphatic rings. The van der Waals surface area contributed by atoms with Crippen LogP contribution in [0.3, 0.4) is 0 Å². The van der Waals surface area contributed by atoms with Gasteiger partial charge in [0.1, 0.15) is 0 Å². The molecule has 0 radical (unpaired) electrons. The van der Waals surface area contributed by atoms with E-state index in [0.717, 1.165) is 29.4 Å². The predicted octanol–water partition coefficient (Wildman–Crippen LogP) is 2.22. The molecule has 4 nitrogen and oxygen atoms in total. The van der Waals surface area contributed by atoms with Crippen LogP contribution in [0.5, 0.6) is 0 Å². The van der Waals surface area contributed by atoms with Gasteiger partial charge in [0.25, 0.3) is 0 Å². The summed E-state index contributed by atoms with van der Waals surface area (Å²) in [6.45, 7) is 3.02. The molecule has 0 fully saturated rings. The van der Waals surface area contributed by atoms with E-state index in [0.29, 0.717) is 5.56 Å². The van der Waals surface area contributed by atoms with E-state index in [2.05, 4.69) is 21.2 Å². The molecule has 18 heavy (non-hydrogen) atoms. The molecule has 1 N–H and O–H groups in total. The maximum Gasteiger partial charge on any atom is 0.239 e. The second kappa shape index (κ2) is 7.16. The fourth-order valence-corrected chi connectivity index (χ4v) is 2.05. The Morgan fingerprint density at radius 1 is 1.50 bits per heavy atom. The molecule has 5 heteroatoms. The minimum Gasteiger partial charge on any atom is -0.362 e. The fraction of sp³-hybridized carbons (Fsp3) is 0.385. The zero-order valence-electron chi connectivity index (χ0n) is 10.6. The largest absolute Gasteiger partial charge is 0.362 e. The molecule has 1 amide bonds. The lowest BCUT2D eigenvalue weighted by Gasteiger charge is -2.25. The van der Waals surface area contributed by atoms with E-state index in [9.17, 15) is 9.59 Å². The molecule has 1 rings (SSSR count). The second-order valence-corrected chi connectivity index (χ2v) is 4.83. The zero-order valence-corrected chi connectivity index (χ0v) is 12.2. The van der Waals surface area contributed by atoms with Crippen LogP contribution < -0.4 is 10.2 Å². The molecule has 0 saturated heterocycles. The van der Waals surface area contributed by atoms with Gasteiger partial charge in [0.2, 0.25) is 5.91 Å². The van der Waals surface area contributed by atoms with E-state index in [-0.39, 0.29) is 12.5 Å². The molecular weight excluding hydrogens is 296 g/mol. The van der Waals surface area contributed by atoms with Crippen molar-refractivity contribution in [3.05, 3.63) is 28.2 Å². The highest BCUT2D eigenvalue weighted by Gasteiger charge is 2.13. The van der Waals surface area contributed by atoms with Gasteiger partial charge in [-0.1, -0.05) is 22.9 Å². The van der Waals surface area contributed by atoms with Crippen LogP contribution in [-0.4, -0.2) is 32.3 Å². The number of aldehydes is 1. The van der Waals surface area contributed by atoms with Crippen molar-refractivity contribution in [3.8, 4) is 0 Å². The van der Waals surface area contributed by atoms with Crippen molar-refractivity contribution >= 4 is 33.8 Å². The van der Waals surface area contributed by atoms with Crippen LogP contribution in [-0.2, 0) is 4.79 Å². The first kappa shape index (κ1) is 14.7. The average Bonchev–Trinajstić information content (AvgIpc) is 2.38. The number of hydrogen-bond acceptors (Lipinski definition) is 3. The Balaban J connectivity index is 3.07. The van der Waals surface area contributed by atoms with Gasteiger partial charge in [-0.05, 0) is 24.6 Å². The first-order valence-corrected chi connectivity index (χ1v) is 6.62. The van der Waals surface area contributed by atoms with Gasteiger partial charge in [-0.3, -0.25) is 9.59 Å². The van der Waals surface area contributed by atoms with Crippen molar-refractivity contribution < 1.29 is 9.59 Å². The molecule has 0 heterocycles. The van der Waals surface area contributed by atoms with Crippen molar-refractivity contribution in [1.29, 1.82) is 0 Å². The lowest BCUT2D eigenvalue weighted by molar-refractivity contribution is -0.119. The van der Waals surface area contributed by atoms with Crippen molar-refractivity contribution in [2.24, 2.45) is 0 Å². The SMILES string of the molecule is CCCN(CC(=O)NC)c1cc(Br)ccc1C=O. The summed E-state index contributed by atoms with van der Waals surface area (Å²) >= 11 is 3.39. The van der Waals surface area contributed by atoms with Gasteiger partial charge in [0, 0.05) is 29.3 Å². The Kier molecular flexibility index (Phi) is 5.85. The lowest BCUT2D eigenvalue weighted by atomic mass is 10.1. The highest BCUT2D eigenvalue weighted by molar-refractivity contribution is 9.10. The highest BCUT2D eigenvalue weighted by atomic mass is 79.9. The Hall–Kier alpha value is -1.36. The third-order valence-electron chi connectivity index (χ3n) is 2.57. The summed E-state index contributed by atoms with van der Waals surface area (Å²) in [5.74, 6) is -0.0692. The molecular formula is C13H17BrN2O2. The smallest absolute Gasteiger partial charge is 0.239 e. The quantitative estimate of drug-likeness (QED) is 0.819. The Morgan fingerprint density at radius 2 is 2.22 bits per heavy atom. The van der Waals surface area contributed by atoms with Crippen molar-refractivity contribution in [3.63, 3.8) is 0 Å². The number of halogens is 1. The number of nitrogens with one attached hydrogen (secondary N) is 1.